The Morgan fingerprint density at radius 2 is 2.08 bits per heavy atom. The van der Waals surface area contributed by atoms with Crippen LogP contribution in [0, 0.1) is 5.92 Å². The van der Waals surface area contributed by atoms with Gasteiger partial charge >= 0.3 is 0 Å². The number of methoxy groups -OCH3 is 2. The number of hydrogen-bond acceptors (Lipinski definition) is 5. The number of rotatable bonds is 8. The van der Waals surface area contributed by atoms with E-state index < -0.39 is 0 Å². The molecule has 24 heavy (non-hydrogen) atoms. The van der Waals surface area contributed by atoms with Crippen LogP contribution in [0.5, 0.6) is 11.5 Å². The number of carbonyl (C=O) groups excluding carboxylic acids is 1. The first kappa shape index (κ1) is 18.5. The van der Waals surface area contributed by atoms with Gasteiger partial charge in [0.1, 0.15) is 0 Å². The van der Waals surface area contributed by atoms with Crippen molar-refractivity contribution in [1.29, 1.82) is 0 Å². The molecule has 0 aliphatic carbocycles. The van der Waals surface area contributed by atoms with Crippen molar-refractivity contribution in [1.82, 2.24) is 10.2 Å². The Morgan fingerprint density at radius 3 is 2.75 bits per heavy atom. The van der Waals surface area contributed by atoms with Gasteiger partial charge in [-0.15, -0.1) is 0 Å². The molecular weight excluding hydrogens is 308 g/mol. The smallest absolute Gasteiger partial charge is 0.234 e. The predicted octanol–water partition coefficient (Wildman–Crippen LogP) is 1.07. The van der Waals surface area contributed by atoms with Gasteiger partial charge in [0.25, 0.3) is 0 Å². The highest BCUT2D eigenvalue weighted by Gasteiger charge is 2.31. The van der Waals surface area contributed by atoms with Crippen molar-refractivity contribution in [3.63, 3.8) is 0 Å². The molecule has 0 radical (unpaired) electrons. The summed E-state index contributed by atoms with van der Waals surface area (Å²) in [6.07, 6.45) is 1.76. The molecule has 2 N–H and O–H groups in total. The molecule has 2 rings (SSSR count). The van der Waals surface area contributed by atoms with E-state index >= 15 is 0 Å². The first-order chi connectivity index (χ1) is 11.6. The third-order valence-electron chi connectivity index (χ3n) is 4.72. The standard InChI is InChI=1S/C18H28N2O4/c1-13-7-9-20(15(13)12-21)11-18(22)19-8-6-14-4-5-16(23-2)17(10-14)24-3/h4-5,10,13,15,21H,6-9,11-12H2,1-3H3,(H,19,22)/t13-,15-/m0/s1. The second-order valence-corrected chi connectivity index (χ2v) is 6.28. The van der Waals surface area contributed by atoms with Gasteiger partial charge in [-0.1, -0.05) is 13.0 Å². The van der Waals surface area contributed by atoms with E-state index in [2.05, 4.69) is 17.1 Å². The van der Waals surface area contributed by atoms with Crippen LogP contribution in [0.15, 0.2) is 18.2 Å². The van der Waals surface area contributed by atoms with E-state index in [1.165, 1.54) is 0 Å². The van der Waals surface area contributed by atoms with Crippen LogP contribution in [-0.2, 0) is 11.2 Å². The zero-order chi connectivity index (χ0) is 17.5. The van der Waals surface area contributed by atoms with E-state index in [1.54, 1.807) is 14.2 Å². The Labute approximate surface area is 143 Å². The van der Waals surface area contributed by atoms with Crippen molar-refractivity contribution < 1.29 is 19.4 Å². The zero-order valence-electron chi connectivity index (χ0n) is 14.7. The number of amides is 1. The van der Waals surface area contributed by atoms with Crippen LogP contribution in [0.3, 0.4) is 0 Å². The maximum Gasteiger partial charge on any atom is 0.234 e. The molecule has 0 saturated carbocycles. The van der Waals surface area contributed by atoms with Gasteiger partial charge < -0.3 is 19.9 Å². The van der Waals surface area contributed by atoms with E-state index in [0.717, 1.165) is 24.9 Å². The molecule has 6 nitrogen and oxygen atoms in total. The molecule has 1 saturated heterocycles. The largest absolute Gasteiger partial charge is 0.493 e. The number of carbonyl (C=O) groups is 1. The third-order valence-corrected chi connectivity index (χ3v) is 4.72. The van der Waals surface area contributed by atoms with E-state index in [9.17, 15) is 9.90 Å². The molecular formula is C18H28N2O4. The molecule has 0 bridgehead atoms. The van der Waals surface area contributed by atoms with Gasteiger partial charge in [0.05, 0.1) is 27.4 Å². The first-order valence-corrected chi connectivity index (χ1v) is 8.41. The summed E-state index contributed by atoms with van der Waals surface area (Å²) in [6, 6.07) is 5.86. The van der Waals surface area contributed by atoms with Gasteiger partial charge in [0, 0.05) is 12.6 Å². The molecule has 0 unspecified atom stereocenters. The second kappa shape index (κ2) is 8.89. The molecule has 1 aromatic carbocycles. The van der Waals surface area contributed by atoms with E-state index in [-0.39, 0.29) is 18.6 Å². The van der Waals surface area contributed by atoms with Crippen molar-refractivity contribution in [2.75, 3.05) is 40.5 Å². The highest BCUT2D eigenvalue weighted by Crippen LogP contribution is 2.27. The molecule has 1 heterocycles. The van der Waals surface area contributed by atoms with Crippen molar-refractivity contribution in [2.24, 2.45) is 5.92 Å². The number of aliphatic hydroxyl groups excluding tert-OH is 1. The lowest BCUT2D eigenvalue weighted by molar-refractivity contribution is -0.122. The topological polar surface area (TPSA) is 71.0 Å². The van der Waals surface area contributed by atoms with Crippen molar-refractivity contribution in [3.05, 3.63) is 23.8 Å². The first-order valence-electron chi connectivity index (χ1n) is 8.41. The summed E-state index contributed by atoms with van der Waals surface area (Å²) in [5.74, 6) is 1.83. The summed E-state index contributed by atoms with van der Waals surface area (Å²) in [4.78, 5) is 14.2. The second-order valence-electron chi connectivity index (χ2n) is 6.28. The Balaban J connectivity index is 1.78. The van der Waals surface area contributed by atoms with Crippen LogP contribution in [0.2, 0.25) is 0 Å². The molecule has 0 aromatic heterocycles. The van der Waals surface area contributed by atoms with Crippen LogP contribution >= 0.6 is 0 Å². The minimum absolute atomic E-state index is 0.00280. The summed E-state index contributed by atoms with van der Waals surface area (Å²) < 4.78 is 10.5. The average molecular weight is 336 g/mol. The molecule has 1 aromatic rings. The summed E-state index contributed by atoms with van der Waals surface area (Å²) in [6.45, 7) is 4.02. The van der Waals surface area contributed by atoms with Gasteiger partial charge in [-0.2, -0.15) is 0 Å². The quantitative estimate of drug-likeness (QED) is 0.743. The number of nitrogens with zero attached hydrogens (tertiary/aromatic N) is 1. The van der Waals surface area contributed by atoms with E-state index in [1.807, 2.05) is 18.2 Å². The maximum atomic E-state index is 12.1. The molecule has 0 spiro atoms. The maximum absolute atomic E-state index is 12.1. The Bertz CT molecular complexity index is 550. The summed E-state index contributed by atoms with van der Waals surface area (Å²) >= 11 is 0. The lowest BCUT2D eigenvalue weighted by Crippen LogP contribution is -2.42. The number of benzene rings is 1. The van der Waals surface area contributed by atoms with Crippen LogP contribution in [0.1, 0.15) is 18.9 Å². The monoisotopic (exact) mass is 336 g/mol. The number of hydrogen-bond donors (Lipinski definition) is 2. The van der Waals surface area contributed by atoms with E-state index in [4.69, 9.17) is 9.47 Å². The minimum Gasteiger partial charge on any atom is -0.493 e. The van der Waals surface area contributed by atoms with Crippen LogP contribution < -0.4 is 14.8 Å². The predicted molar refractivity (Wildman–Crippen MR) is 92.5 cm³/mol. The highest BCUT2D eigenvalue weighted by molar-refractivity contribution is 5.78. The van der Waals surface area contributed by atoms with Crippen LogP contribution in [0.25, 0.3) is 0 Å². The summed E-state index contributed by atoms with van der Waals surface area (Å²) in [7, 11) is 3.22. The molecule has 2 atom stereocenters. The van der Waals surface area contributed by atoms with Gasteiger partial charge in [-0.25, -0.2) is 0 Å². The number of aliphatic hydroxyl groups is 1. The Morgan fingerprint density at radius 1 is 1.33 bits per heavy atom. The van der Waals surface area contributed by atoms with Gasteiger partial charge in [-0.3, -0.25) is 9.69 Å². The lowest BCUT2D eigenvalue weighted by Gasteiger charge is -2.24. The lowest BCUT2D eigenvalue weighted by atomic mass is 10.0. The van der Waals surface area contributed by atoms with Crippen molar-refractivity contribution in [2.45, 2.75) is 25.8 Å². The molecule has 1 amide bonds. The minimum atomic E-state index is 0.00280. The molecule has 6 heteroatoms. The van der Waals surface area contributed by atoms with Gasteiger partial charge in [0.15, 0.2) is 11.5 Å². The average Bonchev–Trinajstić information content (AvgIpc) is 2.94. The normalized spacial score (nSPS) is 20.8. The van der Waals surface area contributed by atoms with Crippen LogP contribution in [-0.4, -0.2) is 62.4 Å². The molecule has 134 valence electrons. The fourth-order valence-corrected chi connectivity index (χ4v) is 3.20. The van der Waals surface area contributed by atoms with Gasteiger partial charge in [0.2, 0.25) is 5.91 Å². The van der Waals surface area contributed by atoms with Crippen molar-refractivity contribution in [3.8, 4) is 11.5 Å². The SMILES string of the molecule is COc1ccc(CCNC(=O)CN2CC[C@H](C)[C@@H]2CO)cc1OC. The fourth-order valence-electron chi connectivity index (χ4n) is 3.20. The molecule has 1 aliphatic rings. The van der Waals surface area contributed by atoms with Crippen molar-refractivity contribution >= 4 is 5.91 Å². The summed E-state index contributed by atoms with van der Waals surface area (Å²) in [5, 5.41) is 12.4. The summed E-state index contributed by atoms with van der Waals surface area (Å²) in [5.41, 5.74) is 1.08. The Kier molecular flexibility index (Phi) is 6.87. The van der Waals surface area contributed by atoms with Gasteiger partial charge in [-0.05, 0) is 43.0 Å². The number of ether oxygens (including phenoxy) is 2. The van der Waals surface area contributed by atoms with E-state index in [0.29, 0.717) is 30.5 Å². The van der Waals surface area contributed by atoms with Crippen LogP contribution in [0.4, 0.5) is 0 Å². The molecule has 1 aliphatic heterocycles. The third kappa shape index (κ3) is 4.61. The number of nitrogens with one attached hydrogen (secondary N) is 1. The fraction of sp³-hybridized carbons (Fsp3) is 0.611. The number of likely N-dealkylation sites (tertiary alicyclic amines) is 1. The highest BCUT2D eigenvalue weighted by atomic mass is 16.5. The zero-order valence-corrected chi connectivity index (χ0v) is 14.7. The molecule has 1 fully saturated rings. The Hall–Kier alpha value is -1.79.